The summed E-state index contributed by atoms with van der Waals surface area (Å²) < 4.78 is 51.6. The molecule has 0 saturated heterocycles. The maximum absolute atomic E-state index is 12.8. The first-order valence-corrected chi connectivity index (χ1v) is 12.0. The van der Waals surface area contributed by atoms with Gasteiger partial charge in [0, 0.05) is 41.4 Å². The van der Waals surface area contributed by atoms with Crippen molar-refractivity contribution in [1.82, 2.24) is 10.6 Å². The molecular formula is C23H26ClF3N2O6. The van der Waals surface area contributed by atoms with Crippen LogP contribution in [0.15, 0.2) is 18.2 Å². The second-order valence-electron chi connectivity index (χ2n) is 9.95. The lowest BCUT2D eigenvalue weighted by Gasteiger charge is -2.39. The number of hydrogen-bond donors (Lipinski definition) is 3. The van der Waals surface area contributed by atoms with Crippen LogP contribution >= 0.6 is 11.6 Å². The number of hydrogen-bond acceptors (Lipinski definition) is 6. The molecule has 4 aliphatic carbocycles. The lowest BCUT2D eigenvalue weighted by atomic mass is 9.76. The van der Waals surface area contributed by atoms with Crippen LogP contribution in [0.2, 0.25) is 5.02 Å². The molecule has 6 rings (SSSR count). The third-order valence-corrected chi connectivity index (χ3v) is 7.58. The van der Waals surface area contributed by atoms with Gasteiger partial charge in [-0.05, 0) is 43.4 Å². The van der Waals surface area contributed by atoms with Crippen LogP contribution in [0.3, 0.4) is 0 Å². The molecule has 3 N–H and O–H groups in total. The normalized spacial score (nSPS) is 35.2. The summed E-state index contributed by atoms with van der Waals surface area (Å²) in [5.74, 6) is 0.0134. The smallest absolute Gasteiger partial charge is 0.480 e. The molecule has 3 atom stereocenters. The summed E-state index contributed by atoms with van der Waals surface area (Å²) in [5, 5.41) is 16.9. The zero-order valence-electron chi connectivity index (χ0n) is 18.6. The van der Waals surface area contributed by atoms with E-state index >= 15 is 0 Å². The van der Waals surface area contributed by atoms with Crippen molar-refractivity contribution in [3.8, 4) is 5.75 Å². The highest BCUT2D eigenvalue weighted by Crippen LogP contribution is 2.52. The molecule has 35 heavy (non-hydrogen) atoms. The Labute approximate surface area is 204 Å². The number of rotatable bonds is 7. The van der Waals surface area contributed by atoms with Gasteiger partial charge in [-0.15, -0.1) is 13.2 Å². The fraction of sp³-hybridized carbons (Fsp3) is 0.652. The van der Waals surface area contributed by atoms with E-state index in [1.165, 1.54) is 0 Å². The number of amides is 2. The zero-order chi connectivity index (χ0) is 25.0. The van der Waals surface area contributed by atoms with Crippen molar-refractivity contribution < 1.29 is 42.1 Å². The van der Waals surface area contributed by atoms with Crippen molar-refractivity contribution in [3.05, 3.63) is 28.8 Å². The van der Waals surface area contributed by atoms with Gasteiger partial charge >= 0.3 is 6.36 Å². The first-order valence-electron chi connectivity index (χ1n) is 11.6. The molecule has 1 unspecified atom stereocenters. The summed E-state index contributed by atoms with van der Waals surface area (Å²) in [5.41, 5.74) is 0.139. The Kier molecular flexibility index (Phi) is 6.40. The predicted octanol–water partition coefficient (Wildman–Crippen LogP) is 2.76. The topological polar surface area (TPSA) is 106 Å². The van der Waals surface area contributed by atoms with E-state index in [9.17, 15) is 27.9 Å². The van der Waals surface area contributed by atoms with Gasteiger partial charge in [0.05, 0.1) is 18.3 Å². The monoisotopic (exact) mass is 518 g/mol. The van der Waals surface area contributed by atoms with Crippen LogP contribution < -0.4 is 15.4 Å². The number of fused-ring (bicyclic) bond motifs is 2. The summed E-state index contributed by atoms with van der Waals surface area (Å²) in [6.45, 7) is -0.232. The summed E-state index contributed by atoms with van der Waals surface area (Å²) in [6, 6.07) is 4.77. The largest absolute Gasteiger partial charge is 0.522 e. The molecule has 1 heterocycles. The quantitative estimate of drug-likeness (QED) is 0.512. The second kappa shape index (κ2) is 9.10. The molecule has 1 aliphatic heterocycles. The zero-order valence-corrected chi connectivity index (χ0v) is 19.4. The minimum absolute atomic E-state index is 0.101. The van der Waals surface area contributed by atoms with Gasteiger partial charge in [-0.3, -0.25) is 14.3 Å². The van der Waals surface area contributed by atoms with Gasteiger partial charge < -0.3 is 25.2 Å². The maximum atomic E-state index is 12.8. The SMILES string of the molecule is O=C(CO[C@H]1C[C@@H](OC(F)(F)F)C1)NC12CC(C1)C(NC(=O)[C@@H]1C[C@H](O)c3cc(Cl)ccc3O1)C2. The van der Waals surface area contributed by atoms with E-state index in [1.807, 2.05) is 0 Å². The van der Waals surface area contributed by atoms with Crippen molar-refractivity contribution in [3.63, 3.8) is 0 Å². The summed E-state index contributed by atoms with van der Waals surface area (Å²) in [6.07, 6.45) is -5.36. The fourth-order valence-corrected chi connectivity index (χ4v) is 5.80. The Morgan fingerprint density at radius 1 is 1.17 bits per heavy atom. The number of carbonyl (C=O) groups is 2. The van der Waals surface area contributed by atoms with E-state index in [2.05, 4.69) is 15.4 Å². The molecule has 1 aromatic rings. The van der Waals surface area contributed by atoms with Crippen LogP contribution in [0.1, 0.15) is 50.2 Å². The Hall–Kier alpha value is -2.08. The Bertz CT molecular complexity index is 996. The van der Waals surface area contributed by atoms with Crippen molar-refractivity contribution in [2.75, 3.05) is 6.61 Å². The third-order valence-electron chi connectivity index (χ3n) is 7.35. The molecule has 0 aromatic heterocycles. The van der Waals surface area contributed by atoms with E-state index in [4.69, 9.17) is 21.1 Å². The number of nitrogens with one attached hydrogen (secondary N) is 2. The predicted molar refractivity (Wildman–Crippen MR) is 115 cm³/mol. The fourth-order valence-electron chi connectivity index (χ4n) is 5.62. The molecule has 5 aliphatic rings. The Balaban J connectivity index is 1.05. The summed E-state index contributed by atoms with van der Waals surface area (Å²) in [4.78, 5) is 25.2. The van der Waals surface area contributed by atoms with Gasteiger partial charge in [0.2, 0.25) is 5.91 Å². The average molecular weight is 519 g/mol. The second-order valence-corrected chi connectivity index (χ2v) is 10.4. The number of benzene rings is 1. The van der Waals surface area contributed by atoms with Gasteiger partial charge in [0.25, 0.3) is 5.91 Å². The molecule has 0 radical (unpaired) electrons. The van der Waals surface area contributed by atoms with Crippen LogP contribution in [0, 0.1) is 5.92 Å². The maximum Gasteiger partial charge on any atom is 0.522 e. The van der Waals surface area contributed by atoms with Crippen LogP contribution in [-0.2, 0) is 19.1 Å². The van der Waals surface area contributed by atoms with Gasteiger partial charge in [-0.2, -0.15) is 0 Å². The standard InChI is InChI=1S/C23H26ClF3N2O6/c24-12-1-2-18-15(3-12)17(30)6-19(34-18)21(32)28-16-9-22(7-11(16)8-22)29-20(31)10-33-13-4-14(5-13)35-23(25,26)27/h1-3,11,13-14,16-17,19,30H,4-10H2,(H,28,32)(H,29,31)/t11?,13-,14+,16?,17-,19-,22?/m0/s1. The molecular weight excluding hydrogens is 493 g/mol. The number of halogens is 4. The van der Waals surface area contributed by atoms with E-state index in [0.29, 0.717) is 22.8 Å². The molecule has 1 aromatic carbocycles. The van der Waals surface area contributed by atoms with Crippen LogP contribution in [-0.4, -0.2) is 59.8 Å². The number of carbonyl (C=O) groups excluding carboxylic acids is 2. The van der Waals surface area contributed by atoms with Crippen molar-refractivity contribution in [1.29, 1.82) is 0 Å². The number of alkyl halides is 3. The Morgan fingerprint density at radius 2 is 1.91 bits per heavy atom. The molecule has 2 bridgehead atoms. The van der Waals surface area contributed by atoms with Crippen LogP contribution in [0.4, 0.5) is 13.2 Å². The minimum atomic E-state index is -4.66. The molecule has 2 amide bonds. The number of aliphatic hydroxyl groups excluding tert-OH is 1. The lowest BCUT2D eigenvalue weighted by molar-refractivity contribution is -0.357. The van der Waals surface area contributed by atoms with Gasteiger partial charge in [0.15, 0.2) is 6.10 Å². The highest BCUT2D eigenvalue weighted by molar-refractivity contribution is 6.30. The summed E-state index contributed by atoms with van der Waals surface area (Å²) >= 11 is 5.97. The van der Waals surface area contributed by atoms with Gasteiger partial charge in [-0.1, -0.05) is 11.6 Å². The molecule has 0 spiro atoms. The molecule has 8 nitrogen and oxygen atoms in total. The highest BCUT2D eigenvalue weighted by Gasteiger charge is 2.57. The molecule has 4 fully saturated rings. The molecule has 12 heteroatoms. The van der Waals surface area contributed by atoms with E-state index in [0.717, 1.165) is 12.8 Å². The van der Waals surface area contributed by atoms with Gasteiger partial charge in [-0.25, -0.2) is 0 Å². The van der Waals surface area contributed by atoms with Crippen LogP contribution in [0.5, 0.6) is 5.75 Å². The highest BCUT2D eigenvalue weighted by atomic mass is 35.5. The first-order chi connectivity index (χ1) is 16.5. The number of aliphatic hydroxyl groups is 1. The average Bonchev–Trinajstić information content (AvgIpc) is 3.22. The lowest BCUT2D eigenvalue weighted by Crippen LogP contribution is -2.53. The van der Waals surface area contributed by atoms with Gasteiger partial charge in [0.1, 0.15) is 12.4 Å². The van der Waals surface area contributed by atoms with Crippen molar-refractivity contribution in [2.24, 2.45) is 5.92 Å². The minimum Gasteiger partial charge on any atom is -0.480 e. The Morgan fingerprint density at radius 3 is 2.63 bits per heavy atom. The summed E-state index contributed by atoms with van der Waals surface area (Å²) in [7, 11) is 0. The molecule has 4 saturated carbocycles. The van der Waals surface area contributed by atoms with Crippen molar-refractivity contribution >= 4 is 23.4 Å². The van der Waals surface area contributed by atoms with Crippen LogP contribution in [0.25, 0.3) is 0 Å². The van der Waals surface area contributed by atoms with Crippen molar-refractivity contribution in [2.45, 2.75) is 80.9 Å². The van der Waals surface area contributed by atoms with E-state index in [1.54, 1.807) is 18.2 Å². The third kappa shape index (κ3) is 5.37. The first kappa shape index (κ1) is 24.6. The van der Waals surface area contributed by atoms with E-state index < -0.39 is 36.3 Å². The molecule has 192 valence electrons. The number of ether oxygens (including phenoxy) is 3. The van der Waals surface area contributed by atoms with E-state index in [-0.39, 0.29) is 49.6 Å².